The average molecular weight is 335 g/mol. The molecule has 0 radical (unpaired) electrons. The lowest BCUT2D eigenvalue weighted by Crippen LogP contribution is -2.48. The van der Waals surface area contributed by atoms with Gasteiger partial charge in [0.25, 0.3) is 0 Å². The molecule has 1 aromatic rings. The van der Waals surface area contributed by atoms with Gasteiger partial charge in [0.2, 0.25) is 5.89 Å². The van der Waals surface area contributed by atoms with Crippen LogP contribution in [0.15, 0.2) is 9.41 Å². The summed E-state index contributed by atoms with van der Waals surface area (Å²) in [7, 11) is 6.15. The Kier molecular flexibility index (Phi) is 7.09. The highest BCUT2D eigenvalue weighted by Gasteiger charge is 2.25. The Bertz CT molecular complexity index is 512. The molecule has 2 N–H and O–H groups in total. The number of nitrogens with one attached hydrogen (secondary N) is 2. The SMILES string of the molecule is CN=C(NCc1nc(C)c(C)o1)NCC(C1CCCCC1)N(C)C. The van der Waals surface area contributed by atoms with Crippen LogP contribution in [0.2, 0.25) is 0 Å². The summed E-state index contributed by atoms with van der Waals surface area (Å²) in [5.74, 6) is 3.15. The normalized spacial score (nSPS) is 18.0. The second kappa shape index (κ2) is 9.06. The van der Waals surface area contributed by atoms with E-state index in [1.54, 1.807) is 7.05 Å². The first-order valence-corrected chi connectivity index (χ1v) is 9.05. The van der Waals surface area contributed by atoms with Gasteiger partial charge in [-0.1, -0.05) is 19.3 Å². The van der Waals surface area contributed by atoms with Crippen molar-refractivity contribution in [2.45, 2.75) is 58.5 Å². The van der Waals surface area contributed by atoms with Crippen LogP contribution in [0.5, 0.6) is 0 Å². The summed E-state index contributed by atoms with van der Waals surface area (Å²) in [6, 6.07) is 0.537. The Hall–Kier alpha value is -1.56. The minimum absolute atomic E-state index is 0.537. The third-order valence-electron chi connectivity index (χ3n) is 5.04. The molecule has 0 amide bonds. The van der Waals surface area contributed by atoms with Crippen molar-refractivity contribution in [2.24, 2.45) is 10.9 Å². The van der Waals surface area contributed by atoms with Gasteiger partial charge >= 0.3 is 0 Å². The van der Waals surface area contributed by atoms with E-state index in [1.165, 1.54) is 32.1 Å². The highest BCUT2D eigenvalue weighted by atomic mass is 16.4. The monoisotopic (exact) mass is 335 g/mol. The number of aromatic nitrogens is 1. The molecule has 0 bridgehead atoms. The van der Waals surface area contributed by atoms with Gasteiger partial charge in [-0.2, -0.15) is 0 Å². The summed E-state index contributed by atoms with van der Waals surface area (Å²) in [4.78, 5) is 11.1. The number of aryl methyl sites for hydroxylation is 2. The molecule has 0 aromatic carbocycles. The first-order chi connectivity index (χ1) is 11.5. The first-order valence-electron chi connectivity index (χ1n) is 9.05. The van der Waals surface area contributed by atoms with Crippen molar-refractivity contribution in [1.82, 2.24) is 20.5 Å². The number of hydrogen-bond acceptors (Lipinski definition) is 4. The van der Waals surface area contributed by atoms with E-state index in [9.17, 15) is 0 Å². The number of rotatable bonds is 6. The standard InChI is InChI=1S/C18H33N5O/c1-13-14(2)24-17(22-13)12-21-18(19-3)20-11-16(23(4)5)15-9-7-6-8-10-15/h15-16H,6-12H2,1-5H3,(H2,19,20,21). The van der Waals surface area contributed by atoms with Crippen molar-refractivity contribution < 1.29 is 4.42 Å². The van der Waals surface area contributed by atoms with Gasteiger partial charge in [-0.3, -0.25) is 4.99 Å². The lowest BCUT2D eigenvalue weighted by Gasteiger charge is -2.35. The second-order valence-corrected chi connectivity index (χ2v) is 6.98. The van der Waals surface area contributed by atoms with Crippen LogP contribution in [0.25, 0.3) is 0 Å². The van der Waals surface area contributed by atoms with Gasteiger partial charge in [0.15, 0.2) is 5.96 Å². The third-order valence-corrected chi connectivity index (χ3v) is 5.04. The van der Waals surface area contributed by atoms with E-state index in [0.717, 1.165) is 29.9 Å². The van der Waals surface area contributed by atoms with Crippen molar-refractivity contribution in [3.05, 3.63) is 17.3 Å². The fourth-order valence-electron chi connectivity index (χ4n) is 3.49. The maximum atomic E-state index is 5.60. The molecule has 1 fully saturated rings. The average Bonchev–Trinajstić information content (AvgIpc) is 2.89. The highest BCUT2D eigenvalue weighted by molar-refractivity contribution is 5.79. The minimum Gasteiger partial charge on any atom is -0.444 e. The molecule has 1 atom stereocenters. The molecule has 24 heavy (non-hydrogen) atoms. The second-order valence-electron chi connectivity index (χ2n) is 6.98. The van der Waals surface area contributed by atoms with Crippen molar-refractivity contribution in [2.75, 3.05) is 27.7 Å². The highest BCUT2D eigenvalue weighted by Crippen LogP contribution is 2.28. The zero-order valence-corrected chi connectivity index (χ0v) is 15.9. The zero-order chi connectivity index (χ0) is 17.5. The fourth-order valence-corrected chi connectivity index (χ4v) is 3.49. The van der Waals surface area contributed by atoms with Crippen molar-refractivity contribution in [3.8, 4) is 0 Å². The molecule has 1 aliphatic rings. The molecule has 0 spiro atoms. The summed E-state index contributed by atoms with van der Waals surface area (Å²) in [6.45, 7) is 5.34. The number of likely N-dealkylation sites (N-methyl/N-ethyl adjacent to an activating group) is 1. The lowest BCUT2D eigenvalue weighted by atomic mass is 9.83. The quantitative estimate of drug-likeness (QED) is 0.617. The van der Waals surface area contributed by atoms with Gasteiger partial charge in [-0.15, -0.1) is 0 Å². The summed E-state index contributed by atoms with van der Waals surface area (Å²) in [5.41, 5.74) is 0.944. The number of nitrogens with zero attached hydrogens (tertiary/aromatic N) is 3. The molecule has 0 saturated heterocycles. The molecule has 136 valence electrons. The van der Waals surface area contributed by atoms with Crippen molar-refractivity contribution in [1.29, 1.82) is 0 Å². The molecule has 6 heteroatoms. The number of aliphatic imine (C=N–C) groups is 1. The molecular formula is C18H33N5O. The Labute approximate surface area is 146 Å². The Balaban J connectivity index is 1.84. The molecule has 1 saturated carbocycles. The molecule has 6 nitrogen and oxygen atoms in total. The molecule has 1 heterocycles. The van der Waals surface area contributed by atoms with E-state index in [0.29, 0.717) is 18.5 Å². The maximum Gasteiger partial charge on any atom is 0.214 e. The first kappa shape index (κ1) is 18.8. The van der Waals surface area contributed by atoms with Crippen LogP contribution in [-0.2, 0) is 6.54 Å². The number of hydrogen-bond donors (Lipinski definition) is 2. The smallest absolute Gasteiger partial charge is 0.214 e. The lowest BCUT2D eigenvalue weighted by molar-refractivity contribution is 0.171. The van der Waals surface area contributed by atoms with E-state index in [2.05, 4.69) is 39.6 Å². The van der Waals surface area contributed by atoms with Crippen molar-refractivity contribution >= 4 is 5.96 Å². The summed E-state index contributed by atoms with van der Waals surface area (Å²) >= 11 is 0. The van der Waals surface area contributed by atoms with E-state index < -0.39 is 0 Å². The van der Waals surface area contributed by atoms with Gasteiger partial charge in [0, 0.05) is 19.6 Å². The molecule has 1 aromatic heterocycles. The van der Waals surface area contributed by atoms with Crippen LogP contribution in [-0.4, -0.2) is 49.6 Å². The van der Waals surface area contributed by atoms with Crippen LogP contribution in [0.3, 0.4) is 0 Å². The Morgan fingerprint density at radius 2 is 1.96 bits per heavy atom. The van der Waals surface area contributed by atoms with E-state index in [4.69, 9.17) is 4.42 Å². The van der Waals surface area contributed by atoms with Crippen molar-refractivity contribution in [3.63, 3.8) is 0 Å². The van der Waals surface area contributed by atoms with Crippen LogP contribution < -0.4 is 10.6 Å². The van der Waals surface area contributed by atoms with E-state index in [-0.39, 0.29) is 0 Å². The molecule has 2 rings (SSSR count). The number of oxazole rings is 1. The molecule has 0 aliphatic heterocycles. The Morgan fingerprint density at radius 3 is 2.50 bits per heavy atom. The Morgan fingerprint density at radius 1 is 1.25 bits per heavy atom. The number of guanidine groups is 1. The molecule has 1 aliphatic carbocycles. The zero-order valence-electron chi connectivity index (χ0n) is 15.9. The molecule has 1 unspecified atom stereocenters. The predicted octanol–water partition coefficient (Wildman–Crippen LogP) is 2.47. The minimum atomic E-state index is 0.537. The van der Waals surface area contributed by atoms with Crippen LogP contribution >= 0.6 is 0 Å². The van der Waals surface area contributed by atoms with Crippen LogP contribution in [0.1, 0.15) is 49.4 Å². The van der Waals surface area contributed by atoms with E-state index in [1.807, 2.05) is 13.8 Å². The van der Waals surface area contributed by atoms with Gasteiger partial charge in [-0.05, 0) is 46.7 Å². The largest absolute Gasteiger partial charge is 0.444 e. The van der Waals surface area contributed by atoms with Crippen LogP contribution in [0, 0.1) is 19.8 Å². The third kappa shape index (κ3) is 5.23. The van der Waals surface area contributed by atoms with Gasteiger partial charge in [0.05, 0.1) is 12.2 Å². The topological polar surface area (TPSA) is 65.7 Å². The van der Waals surface area contributed by atoms with E-state index >= 15 is 0 Å². The predicted molar refractivity (Wildman–Crippen MR) is 98.2 cm³/mol. The summed E-state index contributed by atoms with van der Waals surface area (Å²) in [5, 5.41) is 6.76. The molecular weight excluding hydrogens is 302 g/mol. The maximum absolute atomic E-state index is 5.60. The van der Waals surface area contributed by atoms with Gasteiger partial charge < -0.3 is 20.0 Å². The summed E-state index contributed by atoms with van der Waals surface area (Å²) in [6.07, 6.45) is 6.80. The van der Waals surface area contributed by atoms with Gasteiger partial charge in [0.1, 0.15) is 5.76 Å². The fraction of sp³-hybridized carbons (Fsp3) is 0.778. The van der Waals surface area contributed by atoms with Crippen LogP contribution in [0.4, 0.5) is 0 Å². The summed E-state index contributed by atoms with van der Waals surface area (Å²) < 4.78 is 5.60. The van der Waals surface area contributed by atoms with Gasteiger partial charge in [-0.25, -0.2) is 4.98 Å².